The first-order valence-corrected chi connectivity index (χ1v) is 6.96. The van der Waals surface area contributed by atoms with Crippen LogP contribution in [0.3, 0.4) is 0 Å². The molecule has 2 unspecified atom stereocenters. The van der Waals surface area contributed by atoms with Crippen molar-refractivity contribution < 1.29 is 19.4 Å². The molecule has 1 saturated heterocycles. The fourth-order valence-corrected chi connectivity index (χ4v) is 2.74. The van der Waals surface area contributed by atoms with E-state index < -0.39 is 12.0 Å². The maximum absolute atomic E-state index is 10.9. The van der Waals surface area contributed by atoms with Gasteiger partial charge in [-0.15, -0.1) is 0 Å². The Hall–Kier alpha value is -1.79. The van der Waals surface area contributed by atoms with Crippen molar-refractivity contribution in [3.63, 3.8) is 0 Å². The van der Waals surface area contributed by atoms with Gasteiger partial charge in [0, 0.05) is 13.1 Å². The van der Waals surface area contributed by atoms with Gasteiger partial charge in [0.2, 0.25) is 0 Å². The van der Waals surface area contributed by atoms with E-state index >= 15 is 0 Å². The number of hydrogen-bond donors (Lipinski definition) is 2. The van der Waals surface area contributed by atoms with Gasteiger partial charge < -0.3 is 20.3 Å². The lowest BCUT2D eigenvalue weighted by Gasteiger charge is -2.18. The van der Waals surface area contributed by atoms with Crippen molar-refractivity contribution in [3.05, 3.63) is 23.8 Å². The number of carbonyl (C=O) groups is 1. The number of likely N-dealkylation sites (tertiary alicyclic amines) is 1. The Kier molecular flexibility index (Phi) is 5.03. The molecule has 6 nitrogen and oxygen atoms in total. The zero-order valence-corrected chi connectivity index (χ0v) is 12.4. The summed E-state index contributed by atoms with van der Waals surface area (Å²) in [5, 5.41) is 8.97. The molecule has 0 aromatic heterocycles. The maximum Gasteiger partial charge on any atom is 0.320 e. The molecule has 0 spiro atoms. The average molecular weight is 294 g/mol. The summed E-state index contributed by atoms with van der Waals surface area (Å²) in [6.45, 7) is 2.32. The Labute approximate surface area is 124 Å². The second-order valence-corrected chi connectivity index (χ2v) is 5.34. The number of nitrogens with two attached hydrogens (primary N) is 1. The monoisotopic (exact) mass is 294 g/mol. The molecule has 2 atom stereocenters. The van der Waals surface area contributed by atoms with E-state index in [2.05, 4.69) is 4.90 Å². The Morgan fingerprint density at radius 1 is 1.43 bits per heavy atom. The minimum absolute atomic E-state index is 0.0163. The van der Waals surface area contributed by atoms with Crippen molar-refractivity contribution in [1.82, 2.24) is 4.90 Å². The molecule has 0 amide bonds. The summed E-state index contributed by atoms with van der Waals surface area (Å²) >= 11 is 0. The van der Waals surface area contributed by atoms with Crippen LogP contribution in [0.15, 0.2) is 18.2 Å². The highest BCUT2D eigenvalue weighted by atomic mass is 16.5. The van der Waals surface area contributed by atoms with E-state index in [1.807, 2.05) is 18.2 Å². The summed E-state index contributed by atoms with van der Waals surface area (Å²) in [7, 11) is 3.22. The van der Waals surface area contributed by atoms with Crippen molar-refractivity contribution in [1.29, 1.82) is 0 Å². The molecule has 1 aromatic rings. The fraction of sp³-hybridized carbons (Fsp3) is 0.533. The molecule has 21 heavy (non-hydrogen) atoms. The Balaban J connectivity index is 1.98. The van der Waals surface area contributed by atoms with Crippen LogP contribution in [0, 0.1) is 5.92 Å². The second kappa shape index (κ2) is 6.78. The van der Waals surface area contributed by atoms with Crippen LogP contribution in [0.4, 0.5) is 0 Å². The molecule has 1 aromatic carbocycles. The van der Waals surface area contributed by atoms with Crippen molar-refractivity contribution in [3.8, 4) is 11.5 Å². The number of methoxy groups -OCH3 is 2. The molecule has 0 aliphatic carbocycles. The number of nitrogens with zero attached hydrogens (tertiary/aromatic N) is 1. The van der Waals surface area contributed by atoms with Crippen LogP contribution in [0.5, 0.6) is 11.5 Å². The third kappa shape index (κ3) is 3.65. The number of carboxylic acids is 1. The molecule has 1 aliphatic rings. The summed E-state index contributed by atoms with van der Waals surface area (Å²) in [4.78, 5) is 13.1. The number of benzene rings is 1. The lowest BCUT2D eigenvalue weighted by atomic mass is 10.0. The fourth-order valence-electron chi connectivity index (χ4n) is 2.74. The molecular formula is C15H22N2O4. The lowest BCUT2D eigenvalue weighted by molar-refractivity contribution is -0.139. The molecular weight excluding hydrogens is 272 g/mol. The van der Waals surface area contributed by atoms with Crippen LogP contribution in [0.1, 0.15) is 12.0 Å². The molecule has 0 bridgehead atoms. The lowest BCUT2D eigenvalue weighted by Crippen LogP contribution is -2.39. The highest BCUT2D eigenvalue weighted by molar-refractivity contribution is 5.73. The molecule has 1 fully saturated rings. The van der Waals surface area contributed by atoms with E-state index in [-0.39, 0.29) is 5.92 Å². The quantitative estimate of drug-likeness (QED) is 0.812. The predicted molar refractivity (Wildman–Crippen MR) is 78.5 cm³/mol. The SMILES string of the molecule is COc1ccc(CN2CCC(C(N)C(=O)O)C2)cc1OC. The molecule has 2 rings (SSSR count). The van der Waals surface area contributed by atoms with E-state index in [0.717, 1.165) is 25.1 Å². The van der Waals surface area contributed by atoms with Crippen LogP contribution in [0.25, 0.3) is 0 Å². The normalized spacial score (nSPS) is 20.2. The molecule has 3 N–H and O–H groups in total. The summed E-state index contributed by atoms with van der Waals surface area (Å²) in [5.41, 5.74) is 6.81. The van der Waals surface area contributed by atoms with Crippen LogP contribution in [-0.4, -0.2) is 49.3 Å². The molecule has 0 radical (unpaired) electrons. The summed E-state index contributed by atoms with van der Waals surface area (Å²) in [5.74, 6) is 0.497. The Morgan fingerprint density at radius 3 is 2.76 bits per heavy atom. The van der Waals surface area contributed by atoms with Crippen LogP contribution >= 0.6 is 0 Å². The van der Waals surface area contributed by atoms with E-state index in [1.165, 1.54) is 0 Å². The van der Waals surface area contributed by atoms with Gasteiger partial charge in [0.15, 0.2) is 11.5 Å². The smallest absolute Gasteiger partial charge is 0.320 e. The van der Waals surface area contributed by atoms with Gasteiger partial charge in [0.1, 0.15) is 6.04 Å². The number of rotatable bonds is 6. The van der Waals surface area contributed by atoms with Crippen LogP contribution < -0.4 is 15.2 Å². The Bertz CT molecular complexity index is 506. The predicted octanol–water partition coefficient (Wildman–Crippen LogP) is 0.938. The van der Waals surface area contributed by atoms with Crippen molar-refractivity contribution in [2.75, 3.05) is 27.3 Å². The van der Waals surface area contributed by atoms with Gasteiger partial charge in [0.25, 0.3) is 0 Å². The number of carboxylic acid groups (broad SMARTS) is 1. The number of ether oxygens (including phenoxy) is 2. The summed E-state index contributed by atoms with van der Waals surface area (Å²) in [6, 6.07) is 5.04. The molecule has 6 heteroatoms. The van der Waals surface area contributed by atoms with Crippen LogP contribution in [-0.2, 0) is 11.3 Å². The van der Waals surface area contributed by atoms with E-state index in [1.54, 1.807) is 14.2 Å². The van der Waals surface area contributed by atoms with Crippen molar-refractivity contribution in [2.24, 2.45) is 11.7 Å². The van der Waals surface area contributed by atoms with E-state index in [0.29, 0.717) is 18.0 Å². The van der Waals surface area contributed by atoms with Gasteiger partial charge in [-0.25, -0.2) is 0 Å². The van der Waals surface area contributed by atoms with Gasteiger partial charge in [0.05, 0.1) is 14.2 Å². The molecule has 116 valence electrons. The molecule has 1 aliphatic heterocycles. The van der Waals surface area contributed by atoms with Gasteiger partial charge >= 0.3 is 5.97 Å². The third-order valence-corrected chi connectivity index (χ3v) is 3.96. The average Bonchev–Trinajstić information content (AvgIpc) is 2.94. The topological polar surface area (TPSA) is 85.0 Å². The van der Waals surface area contributed by atoms with Crippen molar-refractivity contribution >= 4 is 5.97 Å². The van der Waals surface area contributed by atoms with Crippen molar-refractivity contribution in [2.45, 2.75) is 19.0 Å². The first kappa shape index (κ1) is 15.6. The van der Waals surface area contributed by atoms with Gasteiger partial charge in [-0.1, -0.05) is 6.07 Å². The van der Waals surface area contributed by atoms with Gasteiger partial charge in [-0.05, 0) is 36.6 Å². The standard InChI is InChI=1S/C15H22N2O4/c1-20-12-4-3-10(7-13(12)21-2)8-17-6-5-11(9-17)14(16)15(18)19/h3-4,7,11,14H,5-6,8-9,16H2,1-2H3,(H,18,19). The number of aliphatic carboxylic acids is 1. The Morgan fingerprint density at radius 2 is 2.14 bits per heavy atom. The molecule has 1 heterocycles. The highest BCUT2D eigenvalue weighted by Crippen LogP contribution is 2.29. The highest BCUT2D eigenvalue weighted by Gasteiger charge is 2.31. The van der Waals surface area contributed by atoms with Gasteiger partial charge in [-0.2, -0.15) is 0 Å². The van der Waals surface area contributed by atoms with E-state index in [9.17, 15) is 4.79 Å². The third-order valence-electron chi connectivity index (χ3n) is 3.96. The number of hydrogen-bond acceptors (Lipinski definition) is 5. The first-order valence-electron chi connectivity index (χ1n) is 6.96. The first-order chi connectivity index (χ1) is 10.0. The zero-order valence-electron chi connectivity index (χ0n) is 12.4. The van der Waals surface area contributed by atoms with Crippen LogP contribution in [0.2, 0.25) is 0 Å². The molecule has 0 saturated carbocycles. The second-order valence-electron chi connectivity index (χ2n) is 5.34. The maximum atomic E-state index is 10.9. The van der Waals surface area contributed by atoms with Gasteiger partial charge in [-0.3, -0.25) is 9.69 Å². The minimum Gasteiger partial charge on any atom is -0.493 e. The van der Waals surface area contributed by atoms with E-state index in [4.69, 9.17) is 20.3 Å². The minimum atomic E-state index is -0.923. The summed E-state index contributed by atoms with van der Waals surface area (Å²) in [6.07, 6.45) is 0.820. The largest absolute Gasteiger partial charge is 0.493 e. The summed E-state index contributed by atoms with van der Waals surface area (Å²) < 4.78 is 10.5. The zero-order chi connectivity index (χ0) is 15.4.